The lowest BCUT2D eigenvalue weighted by Crippen LogP contribution is -2.42. The van der Waals surface area contributed by atoms with Gasteiger partial charge in [-0.05, 0) is 25.0 Å². The van der Waals surface area contributed by atoms with E-state index in [1.165, 1.54) is 12.8 Å². The summed E-state index contributed by atoms with van der Waals surface area (Å²) >= 11 is 5.89. The highest BCUT2D eigenvalue weighted by molar-refractivity contribution is 6.30. The molecule has 5 heteroatoms. The average Bonchev–Trinajstić information content (AvgIpc) is 2.65. The van der Waals surface area contributed by atoms with E-state index >= 15 is 0 Å². The fraction of sp³-hybridized carbons (Fsp3) is 0.571. The van der Waals surface area contributed by atoms with E-state index in [4.69, 9.17) is 17.3 Å². The van der Waals surface area contributed by atoms with Gasteiger partial charge in [0.15, 0.2) is 0 Å². The Kier molecular flexibility index (Phi) is 4.77. The Morgan fingerprint density at radius 2 is 2.05 bits per heavy atom. The van der Waals surface area contributed by atoms with Crippen molar-refractivity contribution in [1.82, 2.24) is 4.98 Å². The summed E-state index contributed by atoms with van der Waals surface area (Å²) in [6, 6.07) is 3.34. The Balaban J connectivity index is 2.12. The SMILES string of the molecule is NCC1(C(=O)Nc2cc(Cl)ccn2)CCCCCC1. The van der Waals surface area contributed by atoms with E-state index in [1.807, 2.05) is 0 Å². The summed E-state index contributed by atoms with van der Waals surface area (Å²) < 4.78 is 0. The maximum Gasteiger partial charge on any atom is 0.233 e. The third kappa shape index (κ3) is 3.45. The van der Waals surface area contributed by atoms with Crippen LogP contribution in [0.4, 0.5) is 5.82 Å². The molecular weight excluding hydrogens is 262 g/mol. The van der Waals surface area contributed by atoms with Crippen LogP contribution in [0.2, 0.25) is 5.02 Å². The van der Waals surface area contributed by atoms with Crippen molar-refractivity contribution in [3.05, 3.63) is 23.4 Å². The number of rotatable bonds is 3. The molecule has 0 aromatic carbocycles. The Labute approximate surface area is 118 Å². The van der Waals surface area contributed by atoms with E-state index in [2.05, 4.69) is 10.3 Å². The van der Waals surface area contributed by atoms with Crippen LogP contribution in [0, 0.1) is 5.41 Å². The van der Waals surface area contributed by atoms with Gasteiger partial charge in [-0.1, -0.05) is 37.3 Å². The van der Waals surface area contributed by atoms with Gasteiger partial charge in [-0.25, -0.2) is 4.98 Å². The van der Waals surface area contributed by atoms with Gasteiger partial charge in [0, 0.05) is 17.8 Å². The van der Waals surface area contributed by atoms with Crippen LogP contribution in [0.15, 0.2) is 18.3 Å². The third-order valence-electron chi connectivity index (χ3n) is 3.90. The number of pyridine rings is 1. The number of anilines is 1. The zero-order valence-corrected chi connectivity index (χ0v) is 11.7. The Hall–Kier alpha value is -1.13. The molecule has 0 unspecified atom stereocenters. The van der Waals surface area contributed by atoms with E-state index in [0.717, 1.165) is 25.7 Å². The Bertz CT molecular complexity index is 442. The third-order valence-corrected chi connectivity index (χ3v) is 4.13. The summed E-state index contributed by atoms with van der Waals surface area (Å²) in [7, 11) is 0. The number of halogens is 1. The van der Waals surface area contributed by atoms with Crippen LogP contribution < -0.4 is 11.1 Å². The molecule has 1 aromatic rings. The standard InChI is InChI=1S/C14H20ClN3O/c15-11-5-8-17-12(9-11)18-13(19)14(10-16)6-3-1-2-4-7-14/h5,8-9H,1-4,6-7,10,16H2,(H,17,18,19). The lowest BCUT2D eigenvalue weighted by molar-refractivity contribution is -0.125. The molecule has 104 valence electrons. The minimum Gasteiger partial charge on any atom is -0.329 e. The van der Waals surface area contributed by atoms with E-state index in [0.29, 0.717) is 17.4 Å². The molecule has 19 heavy (non-hydrogen) atoms. The van der Waals surface area contributed by atoms with Crippen molar-refractivity contribution in [3.63, 3.8) is 0 Å². The van der Waals surface area contributed by atoms with E-state index in [-0.39, 0.29) is 5.91 Å². The number of nitrogens with one attached hydrogen (secondary N) is 1. The molecular formula is C14H20ClN3O. The van der Waals surface area contributed by atoms with Gasteiger partial charge in [0.1, 0.15) is 5.82 Å². The summed E-state index contributed by atoms with van der Waals surface area (Å²) in [6.45, 7) is 0.388. The smallest absolute Gasteiger partial charge is 0.233 e. The van der Waals surface area contributed by atoms with Crippen LogP contribution in [0.1, 0.15) is 38.5 Å². The summed E-state index contributed by atoms with van der Waals surface area (Å²) in [5.74, 6) is 0.473. The van der Waals surface area contributed by atoms with Crippen molar-refractivity contribution in [1.29, 1.82) is 0 Å². The average molecular weight is 282 g/mol. The molecule has 1 fully saturated rings. The minimum absolute atomic E-state index is 0.0216. The molecule has 0 aliphatic heterocycles. The van der Waals surface area contributed by atoms with Crippen LogP contribution in [-0.2, 0) is 4.79 Å². The summed E-state index contributed by atoms with van der Waals surface area (Å²) in [5, 5.41) is 3.42. The van der Waals surface area contributed by atoms with Gasteiger partial charge in [0.05, 0.1) is 5.41 Å². The Morgan fingerprint density at radius 1 is 1.37 bits per heavy atom. The highest BCUT2D eigenvalue weighted by atomic mass is 35.5. The molecule has 0 spiro atoms. The molecule has 0 atom stereocenters. The monoisotopic (exact) mass is 281 g/mol. The van der Waals surface area contributed by atoms with Crippen LogP contribution in [0.25, 0.3) is 0 Å². The Morgan fingerprint density at radius 3 is 2.63 bits per heavy atom. The first-order chi connectivity index (χ1) is 9.16. The fourth-order valence-corrected chi connectivity index (χ4v) is 2.81. The van der Waals surface area contributed by atoms with Gasteiger partial charge in [0.25, 0.3) is 0 Å². The number of hydrogen-bond donors (Lipinski definition) is 2. The van der Waals surface area contributed by atoms with Crippen LogP contribution in [0.5, 0.6) is 0 Å². The molecule has 3 N–H and O–H groups in total. The van der Waals surface area contributed by atoms with E-state index in [9.17, 15) is 4.79 Å². The number of hydrogen-bond acceptors (Lipinski definition) is 3. The second-order valence-electron chi connectivity index (χ2n) is 5.21. The lowest BCUT2D eigenvalue weighted by Gasteiger charge is -2.29. The maximum atomic E-state index is 12.5. The molecule has 1 amide bonds. The summed E-state index contributed by atoms with van der Waals surface area (Å²) in [5.41, 5.74) is 5.44. The van der Waals surface area contributed by atoms with Crippen LogP contribution in [0.3, 0.4) is 0 Å². The first-order valence-electron chi connectivity index (χ1n) is 6.79. The molecule has 1 aliphatic carbocycles. The van der Waals surface area contributed by atoms with Gasteiger partial charge in [0.2, 0.25) is 5.91 Å². The summed E-state index contributed by atoms with van der Waals surface area (Å²) in [4.78, 5) is 16.6. The van der Waals surface area contributed by atoms with Crippen molar-refractivity contribution in [2.75, 3.05) is 11.9 Å². The van der Waals surface area contributed by atoms with E-state index < -0.39 is 5.41 Å². The number of carbonyl (C=O) groups excluding carboxylic acids is 1. The predicted octanol–water partition coefficient (Wildman–Crippen LogP) is 2.97. The highest BCUT2D eigenvalue weighted by Crippen LogP contribution is 2.35. The van der Waals surface area contributed by atoms with Crippen molar-refractivity contribution < 1.29 is 4.79 Å². The van der Waals surface area contributed by atoms with Gasteiger partial charge < -0.3 is 11.1 Å². The number of nitrogens with two attached hydrogens (primary N) is 1. The molecule has 4 nitrogen and oxygen atoms in total. The maximum absolute atomic E-state index is 12.5. The minimum atomic E-state index is -0.444. The molecule has 1 heterocycles. The first-order valence-corrected chi connectivity index (χ1v) is 7.17. The predicted molar refractivity (Wildman–Crippen MR) is 77.1 cm³/mol. The van der Waals surface area contributed by atoms with Crippen molar-refractivity contribution in [3.8, 4) is 0 Å². The summed E-state index contributed by atoms with van der Waals surface area (Å²) in [6.07, 6.45) is 7.79. The van der Waals surface area contributed by atoms with Crippen LogP contribution in [-0.4, -0.2) is 17.4 Å². The van der Waals surface area contributed by atoms with Crippen LogP contribution >= 0.6 is 11.6 Å². The topological polar surface area (TPSA) is 68.0 Å². The molecule has 0 radical (unpaired) electrons. The van der Waals surface area contributed by atoms with Crippen molar-refractivity contribution >= 4 is 23.3 Å². The number of nitrogens with zero attached hydrogens (tertiary/aromatic N) is 1. The zero-order valence-electron chi connectivity index (χ0n) is 11.0. The number of amides is 1. The first kappa shape index (κ1) is 14.3. The second kappa shape index (κ2) is 6.35. The lowest BCUT2D eigenvalue weighted by atomic mass is 9.79. The molecule has 0 saturated heterocycles. The highest BCUT2D eigenvalue weighted by Gasteiger charge is 2.37. The molecule has 1 aromatic heterocycles. The fourth-order valence-electron chi connectivity index (χ4n) is 2.65. The molecule has 1 saturated carbocycles. The molecule has 1 aliphatic rings. The van der Waals surface area contributed by atoms with E-state index in [1.54, 1.807) is 18.3 Å². The quantitative estimate of drug-likeness (QED) is 0.837. The molecule has 0 bridgehead atoms. The number of aromatic nitrogens is 1. The van der Waals surface area contributed by atoms with Crippen molar-refractivity contribution in [2.45, 2.75) is 38.5 Å². The molecule has 2 rings (SSSR count). The normalized spacial score (nSPS) is 18.6. The zero-order chi connectivity index (χ0) is 13.7. The van der Waals surface area contributed by atoms with Gasteiger partial charge in [-0.15, -0.1) is 0 Å². The second-order valence-corrected chi connectivity index (χ2v) is 5.65. The van der Waals surface area contributed by atoms with Crippen molar-refractivity contribution in [2.24, 2.45) is 11.1 Å². The van der Waals surface area contributed by atoms with Gasteiger partial charge in [-0.2, -0.15) is 0 Å². The number of carbonyl (C=O) groups is 1. The van der Waals surface area contributed by atoms with Gasteiger partial charge >= 0.3 is 0 Å². The largest absolute Gasteiger partial charge is 0.329 e. The van der Waals surface area contributed by atoms with Gasteiger partial charge in [-0.3, -0.25) is 4.79 Å².